The Morgan fingerprint density at radius 2 is 1.63 bits per heavy atom. The van der Waals surface area contributed by atoms with Crippen LogP contribution in [-0.4, -0.2) is 36.0 Å². The predicted molar refractivity (Wildman–Crippen MR) is 139 cm³/mol. The van der Waals surface area contributed by atoms with Gasteiger partial charge < -0.3 is 5.11 Å². The van der Waals surface area contributed by atoms with Gasteiger partial charge >= 0.3 is 0 Å². The quantitative estimate of drug-likeness (QED) is 0.142. The molecule has 2 amide bonds. The minimum Gasteiger partial charge on any atom is -0.507 e. The largest absolute Gasteiger partial charge is 0.507 e. The van der Waals surface area contributed by atoms with Gasteiger partial charge in [-0.25, -0.2) is 13.1 Å². The first-order chi connectivity index (χ1) is 17.9. The smallest absolute Gasteiger partial charge is 0.300 e. The highest BCUT2D eigenvalue weighted by molar-refractivity contribution is 9.10. The molecule has 1 aliphatic rings. The number of Topliss-reactive ketones (excluding diaryl/α,β-unsaturated/α-hetero) is 1. The van der Waals surface area contributed by atoms with Crippen molar-refractivity contribution in [1.29, 1.82) is 0 Å². The fourth-order valence-electron chi connectivity index (χ4n) is 4.08. The number of nitro benzene ring substituents is 1. The molecule has 11 nitrogen and oxygen atoms in total. The molecule has 4 rings (SSSR count). The van der Waals surface area contributed by atoms with Gasteiger partial charge in [0.05, 0.1) is 21.0 Å². The molecule has 0 aliphatic carbocycles. The lowest BCUT2D eigenvalue weighted by molar-refractivity contribution is -0.385. The Morgan fingerprint density at radius 1 is 1.03 bits per heavy atom. The number of nitro groups is 1. The monoisotopic (exact) mass is 599 g/mol. The summed E-state index contributed by atoms with van der Waals surface area (Å²) in [6.45, 7) is 1.03. The predicted octanol–water partition coefficient (Wildman–Crippen LogP) is 3.81. The van der Waals surface area contributed by atoms with E-state index in [1.807, 2.05) is 4.72 Å². The van der Waals surface area contributed by atoms with Gasteiger partial charge in [0.1, 0.15) is 11.8 Å². The van der Waals surface area contributed by atoms with Crippen molar-refractivity contribution < 1.29 is 32.8 Å². The molecule has 1 saturated heterocycles. The highest BCUT2D eigenvalue weighted by Crippen LogP contribution is 2.44. The van der Waals surface area contributed by atoms with Crippen LogP contribution in [0.15, 0.2) is 87.7 Å². The van der Waals surface area contributed by atoms with Gasteiger partial charge in [0.2, 0.25) is 5.91 Å². The zero-order chi connectivity index (χ0) is 27.8. The molecule has 0 saturated carbocycles. The summed E-state index contributed by atoms with van der Waals surface area (Å²) in [6.07, 6.45) is 0. The molecule has 1 heterocycles. The van der Waals surface area contributed by atoms with Crippen molar-refractivity contribution in [3.63, 3.8) is 0 Å². The first-order valence-electron chi connectivity index (χ1n) is 10.9. The molecule has 3 aromatic carbocycles. The molecule has 0 aromatic heterocycles. The Labute approximate surface area is 224 Å². The Kier molecular flexibility index (Phi) is 7.16. The number of hydrogen-bond donors (Lipinski definition) is 2. The maximum Gasteiger partial charge on any atom is 0.300 e. The molecule has 13 heteroatoms. The zero-order valence-corrected chi connectivity index (χ0v) is 21.9. The SMILES string of the molecule is CC(=O)NS(=O)(=O)c1ccc(N2C(=O)C(=O)/C(=C(\O)c3ccc(Br)cc3)C2c2ccccc2[N+](=O)[O-])cc1. The summed E-state index contributed by atoms with van der Waals surface area (Å²) in [6, 6.07) is 15.0. The van der Waals surface area contributed by atoms with Crippen molar-refractivity contribution in [3.05, 3.63) is 104 Å². The Hall–Kier alpha value is -4.36. The first kappa shape index (κ1) is 26.7. The molecule has 0 radical (unpaired) electrons. The number of sulfonamides is 1. The molecule has 1 unspecified atom stereocenters. The van der Waals surface area contributed by atoms with Crippen LogP contribution < -0.4 is 9.62 Å². The lowest BCUT2D eigenvalue weighted by atomic mass is 9.94. The van der Waals surface area contributed by atoms with Crippen LogP contribution in [0.5, 0.6) is 0 Å². The summed E-state index contributed by atoms with van der Waals surface area (Å²) < 4.78 is 27.2. The number of nitrogens with one attached hydrogen (secondary N) is 1. The van der Waals surface area contributed by atoms with E-state index < -0.39 is 50.0 Å². The van der Waals surface area contributed by atoms with Gasteiger partial charge in [-0.3, -0.25) is 29.4 Å². The molecular weight excluding hydrogens is 582 g/mol. The highest BCUT2D eigenvalue weighted by Gasteiger charge is 2.49. The molecule has 0 spiro atoms. The number of aliphatic hydroxyl groups is 1. The van der Waals surface area contributed by atoms with Crippen LogP contribution in [0, 0.1) is 10.1 Å². The topological polar surface area (TPSA) is 164 Å². The molecule has 1 atom stereocenters. The first-order valence-corrected chi connectivity index (χ1v) is 13.1. The van der Waals surface area contributed by atoms with Crippen molar-refractivity contribution in [2.45, 2.75) is 17.9 Å². The van der Waals surface area contributed by atoms with Gasteiger partial charge in [0, 0.05) is 28.7 Å². The second kappa shape index (κ2) is 10.2. The number of nitrogens with zero attached hydrogens (tertiary/aromatic N) is 2. The lowest BCUT2D eigenvalue weighted by Gasteiger charge is -2.25. The standard InChI is InChI=1S/C25H18BrN3O8S/c1-14(30)27-38(36,37)18-12-10-17(11-13-18)28-22(19-4-2-3-5-20(19)29(34)35)21(24(32)25(28)33)23(31)15-6-8-16(26)9-7-15/h2-13,22,31H,1H3,(H,27,30)/b23-21-. The number of carbonyl (C=O) groups is 3. The van der Waals surface area contributed by atoms with Crippen LogP contribution in [0.3, 0.4) is 0 Å². The second-order valence-corrected chi connectivity index (χ2v) is 10.7. The molecule has 194 valence electrons. The summed E-state index contributed by atoms with van der Waals surface area (Å²) >= 11 is 3.28. The lowest BCUT2D eigenvalue weighted by Crippen LogP contribution is -2.30. The molecule has 3 aromatic rings. The zero-order valence-electron chi connectivity index (χ0n) is 19.5. The Bertz CT molecular complexity index is 1620. The van der Waals surface area contributed by atoms with Crippen molar-refractivity contribution >= 4 is 60.7 Å². The minimum atomic E-state index is -4.18. The number of anilines is 1. The average Bonchev–Trinajstić information content (AvgIpc) is 3.13. The summed E-state index contributed by atoms with van der Waals surface area (Å²) in [7, 11) is -4.18. The average molecular weight is 600 g/mol. The van der Waals surface area contributed by atoms with E-state index in [-0.39, 0.29) is 27.3 Å². The fraction of sp³-hybridized carbons (Fsp3) is 0.0800. The maximum absolute atomic E-state index is 13.3. The van der Waals surface area contributed by atoms with Crippen molar-refractivity contribution in [3.8, 4) is 0 Å². The van der Waals surface area contributed by atoms with E-state index in [4.69, 9.17) is 0 Å². The number of hydrogen-bond acceptors (Lipinski definition) is 8. The van der Waals surface area contributed by atoms with Crippen LogP contribution in [0.4, 0.5) is 11.4 Å². The number of aliphatic hydroxyl groups excluding tert-OH is 1. The molecule has 0 bridgehead atoms. The van der Waals surface area contributed by atoms with E-state index in [0.717, 1.165) is 24.0 Å². The van der Waals surface area contributed by atoms with Crippen LogP contribution in [0.25, 0.3) is 5.76 Å². The van der Waals surface area contributed by atoms with Crippen molar-refractivity contribution in [2.75, 3.05) is 4.90 Å². The van der Waals surface area contributed by atoms with Gasteiger partial charge in [0.15, 0.2) is 0 Å². The second-order valence-electron chi connectivity index (χ2n) is 8.15. The number of carbonyl (C=O) groups excluding carboxylic acids is 3. The van der Waals surface area contributed by atoms with Crippen LogP contribution in [-0.2, 0) is 24.4 Å². The number of ketones is 1. The minimum absolute atomic E-state index is 0.0342. The highest BCUT2D eigenvalue weighted by atomic mass is 79.9. The van der Waals surface area contributed by atoms with Gasteiger partial charge in [-0.1, -0.05) is 40.2 Å². The number of amides is 2. The third-order valence-electron chi connectivity index (χ3n) is 5.69. The fourth-order valence-corrected chi connectivity index (χ4v) is 5.33. The number of halogens is 1. The van der Waals surface area contributed by atoms with E-state index in [0.29, 0.717) is 4.47 Å². The van der Waals surface area contributed by atoms with Gasteiger partial charge in [0.25, 0.3) is 27.4 Å². The molecule has 1 aliphatic heterocycles. The van der Waals surface area contributed by atoms with Crippen LogP contribution in [0.1, 0.15) is 24.1 Å². The normalized spacial score (nSPS) is 16.9. The van der Waals surface area contributed by atoms with Gasteiger partial charge in [-0.15, -0.1) is 0 Å². The van der Waals surface area contributed by atoms with E-state index in [9.17, 15) is 38.0 Å². The van der Waals surface area contributed by atoms with Gasteiger partial charge in [-0.2, -0.15) is 0 Å². The van der Waals surface area contributed by atoms with E-state index in [2.05, 4.69) is 15.9 Å². The third kappa shape index (κ3) is 4.93. The van der Waals surface area contributed by atoms with Crippen molar-refractivity contribution in [2.24, 2.45) is 0 Å². The van der Waals surface area contributed by atoms with Crippen LogP contribution >= 0.6 is 15.9 Å². The van der Waals surface area contributed by atoms with Crippen LogP contribution in [0.2, 0.25) is 0 Å². The summed E-state index contributed by atoms with van der Waals surface area (Å²) in [5.74, 6) is -3.50. The summed E-state index contributed by atoms with van der Waals surface area (Å²) in [5.41, 5.74) is -0.568. The Balaban J connectivity index is 1.93. The van der Waals surface area contributed by atoms with E-state index in [1.165, 1.54) is 48.5 Å². The van der Waals surface area contributed by atoms with Gasteiger partial charge in [-0.05, 0) is 42.5 Å². The maximum atomic E-state index is 13.3. The van der Waals surface area contributed by atoms with Crippen molar-refractivity contribution in [1.82, 2.24) is 4.72 Å². The Morgan fingerprint density at radius 3 is 2.21 bits per heavy atom. The van der Waals surface area contributed by atoms with E-state index in [1.54, 1.807) is 12.1 Å². The molecule has 38 heavy (non-hydrogen) atoms. The summed E-state index contributed by atoms with van der Waals surface area (Å²) in [4.78, 5) is 49.6. The third-order valence-corrected chi connectivity index (χ3v) is 7.67. The molecular formula is C25H18BrN3O8S. The molecule has 2 N–H and O–H groups in total. The summed E-state index contributed by atoms with van der Waals surface area (Å²) in [5, 5.41) is 23.0. The number of para-hydroxylation sites is 1. The number of benzene rings is 3. The number of rotatable bonds is 6. The van der Waals surface area contributed by atoms with E-state index >= 15 is 0 Å². The molecule has 1 fully saturated rings.